The summed E-state index contributed by atoms with van der Waals surface area (Å²) in [6, 6.07) is 9.39. The topological polar surface area (TPSA) is 93.7 Å². The second-order valence-electron chi connectivity index (χ2n) is 7.78. The van der Waals surface area contributed by atoms with Gasteiger partial charge in [-0.05, 0) is 39.2 Å². The first kappa shape index (κ1) is 20.7. The smallest absolute Gasteiger partial charge is 0.407 e. The highest BCUT2D eigenvalue weighted by Crippen LogP contribution is 2.34. The number of esters is 1. The minimum Gasteiger partial charge on any atom is -0.458 e. The predicted molar refractivity (Wildman–Crippen MR) is 99.7 cm³/mol. The first-order valence-electron chi connectivity index (χ1n) is 9.14. The molecule has 1 aliphatic heterocycles. The van der Waals surface area contributed by atoms with Crippen LogP contribution in [0.2, 0.25) is 0 Å². The van der Waals surface area contributed by atoms with Gasteiger partial charge in [-0.25, -0.2) is 9.59 Å². The van der Waals surface area contributed by atoms with Crippen molar-refractivity contribution < 1.29 is 23.9 Å². The van der Waals surface area contributed by atoms with E-state index in [1.165, 1.54) is 0 Å². The van der Waals surface area contributed by atoms with Crippen molar-refractivity contribution in [1.82, 2.24) is 10.6 Å². The summed E-state index contributed by atoms with van der Waals surface area (Å²) in [7, 11) is 0. The van der Waals surface area contributed by atoms with Crippen molar-refractivity contribution in [2.75, 3.05) is 6.54 Å². The number of alkyl carbamates (subject to hydrolysis) is 1. The van der Waals surface area contributed by atoms with Gasteiger partial charge in [0.25, 0.3) is 0 Å². The lowest BCUT2D eigenvalue weighted by atomic mass is 9.73. The molecule has 2 rings (SSSR count). The molecule has 1 fully saturated rings. The number of carbonyl (C=O) groups excluding carboxylic acids is 3. The number of benzene rings is 1. The molecule has 2 atom stereocenters. The van der Waals surface area contributed by atoms with E-state index in [4.69, 9.17) is 9.47 Å². The molecule has 27 heavy (non-hydrogen) atoms. The summed E-state index contributed by atoms with van der Waals surface area (Å²) in [5, 5.41) is 5.37. The van der Waals surface area contributed by atoms with Crippen molar-refractivity contribution in [3.8, 4) is 0 Å². The molecule has 1 aliphatic rings. The highest BCUT2D eigenvalue weighted by molar-refractivity contribution is 6.00. The Morgan fingerprint density at radius 1 is 1.22 bits per heavy atom. The van der Waals surface area contributed by atoms with E-state index in [1.54, 1.807) is 27.7 Å². The van der Waals surface area contributed by atoms with E-state index in [-0.39, 0.29) is 12.5 Å². The third-order valence-corrected chi connectivity index (χ3v) is 4.47. The molecule has 0 bridgehead atoms. The SMILES string of the molecule is C[C@@H]1C(=O)N[C@]1(CCCNC(=O)OCc1ccccc1)C(=O)OC(C)(C)C. The van der Waals surface area contributed by atoms with Gasteiger partial charge in [-0.15, -0.1) is 0 Å². The Bertz CT molecular complexity index is 683. The molecule has 0 radical (unpaired) electrons. The van der Waals surface area contributed by atoms with Gasteiger partial charge in [-0.3, -0.25) is 4.79 Å². The van der Waals surface area contributed by atoms with Gasteiger partial charge in [-0.1, -0.05) is 37.3 Å². The number of hydrogen-bond acceptors (Lipinski definition) is 5. The maximum absolute atomic E-state index is 12.6. The standard InChI is InChI=1S/C20H28N2O5/c1-14-16(23)22-20(14,17(24)27-19(2,3)4)11-8-12-21-18(25)26-13-15-9-6-5-7-10-15/h5-7,9-10,14H,8,11-13H2,1-4H3,(H,21,25)(H,22,23)/t14-,20+/m1/s1. The molecule has 2 N–H and O–H groups in total. The molecular formula is C20H28N2O5. The van der Waals surface area contributed by atoms with Gasteiger partial charge in [0.15, 0.2) is 0 Å². The molecule has 1 aromatic carbocycles. The van der Waals surface area contributed by atoms with Gasteiger partial charge in [0.1, 0.15) is 17.7 Å². The molecule has 7 heteroatoms. The average molecular weight is 376 g/mol. The van der Waals surface area contributed by atoms with Crippen LogP contribution in [0.1, 0.15) is 46.1 Å². The summed E-state index contributed by atoms with van der Waals surface area (Å²) < 4.78 is 10.6. The van der Waals surface area contributed by atoms with Gasteiger partial charge in [0, 0.05) is 6.54 Å². The number of β-lactam (4-membered cyclic amide) rings is 1. The zero-order chi connectivity index (χ0) is 20.1. The Hall–Kier alpha value is -2.57. The van der Waals surface area contributed by atoms with Crippen molar-refractivity contribution in [3.05, 3.63) is 35.9 Å². The Morgan fingerprint density at radius 2 is 1.89 bits per heavy atom. The average Bonchev–Trinajstić information content (AvgIpc) is 2.61. The van der Waals surface area contributed by atoms with Crippen LogP contribution in [0.15, 0.2) is 30.3 Å². The number of carbonyl (C=O) groups is 3. The molecule has 0 spiro atoms. The van der Waals surface area contributed by atoms with Crippen LogP contribution in [0, 0.1) is 5.92 Å². The van der Waals surface area contributed by atoms with Gasteiger partial charge >= 0.3 is 12.1 Å². The van der Waals surface area contributed by atoms with E-state index >= 15 is 0 Å². The van der Waals surface area contributed by atoms with E-state index < -0.39 is 29.1 Å². The Morgan fingerprint density at radius 3 is 2.44 bits per heavy atom. The molecule has 0 saturated carbocycles. The van der Waals surface area contributed by atoms with Gasteiger partial charge in [0.05, 0.1) is 5.92 Å². The molecule has 1 heterocycles. The predicted octanol–water partition coefficient (Wildman–Crippen LogP) is 2.54. The zero-order valence-electron chi connectivity index (χ0n) is 16.3. The highest BCUT2D eigenvalue weighted by Gasteiger charge is 2.57. The van der Waals surface area contributed by atoms with Crippen LogP contribution in [-0.2, 0) is 25.7 Å². The largest absolute Gasteiger partial charge is 0.458 e. The monoisotopic (exact) mass is 376 g/mol. The Labute approximate surface area is 159 Å². The Balaban J connectivity index is 1.78. The van der Waals surface area contributed by atoms with Crippen molar-refractivity contribution in [2.45, 2.75) is 58.3 Å². The first-order valence-corrected chi connectivity index (χ1v) is 9.14. The molecule has 7 nitrogen and oxygen atoms in total. The maximum Gasteiger partial charge on any atom is 0.407 e. The summed E-state index contributed by atoms with van der Waals surface area (Å²) in [4.78, 5) is 36.0. The third kappa shape index (κ3) is 5.45. The van der Waals surface area contributed by atoms with Gasteiger partial charge in [-0.2, -0.15) is 0 Å². The quantitative estimate of drug-likeness (QED) is 0.433. The molecule has 0 unspecified atom stereocenters. The molecule has 0 aliphatic carbocycles. The van der Waals surface area contributed by atoms with Crippen LogP contribution < -0.4 is 10.6 Å². The van der Waals surface area contributed by atoms with Gasteiger partial charge in [0.2, 0.25) is 5.91 Å². The van der Waals surface area contributed by atoms with E-state index in [0.717, 1.165) is 5.56 Å². The highest BCUT2D eigenvalue weighted by atomic mass is 16.6. The van der Waals surface area contributed by atoms with Crippen LogP contribution in [0.3, 0.4) is 0 Å². The molecule has 148 valence electrons. The lowest BCUT2D eigenvalue weighted by Crippen LogP contribution is -2.73. The summed E-state index contributed by atoms with van der Waals surface area (Å²) in [6.07, 6.45) is 0.369. The summed E-state index contributed by atoms with van der Waals surface area (Å²) in [5.74, 6) is -1.07. The zero-order valence-corrected chi connectivity index (χ0v) is 16.3. The number of amides is 2. The van der Waals surface area contributed by atoms with Crippen molar-refractivity contribution in [1.29, 1.82) is 0 Å². The fourth-order valence-corrected chi connectivity index (χ4v) is 2.89. The summed E-state index contributed by atoms with van der Waals surface area (Å²) in [6.45, 7) is 7.60. The van der Waals surface area contributed by atoms with Crippen molar-refractivity contribution in [2.24, 2.45) is 5.92 Å². The molecule has 1 aromatic rings. The fourth-order valence-electron chi connectivity index (χ4n) is 2.89. The number of hydrogen-bond donors (Lipinski definition) is 2. The number of nitrogens with one attached hydrogen (secondary N) is 2. The van der Waals surface area contributed by atoms with Crippen LogP contribution in [0.4, 0.5) is 4.79 Å². The first-order chi connectivity index (χ1) is 12.6. The minimum atomic E-state index is -1.03. The molecular weight excluding hydrogens is 348 g/mol. The minimum absolute atomic E-state index is 0.170. The van der Waals surface area contributed by atoms with Crippen LogP contribution in [0.5, 0.6) is 0 Å². The molecule has 2 amide bonds. The van der Waals surface area contributed by atoms with E-state index in [9.17, 15) is 14.4 Å². The van der Waals surface area contributed by atoms with Crippen LogP contribution >= 0.6 is 0 Å². The Kier molecular flexibility index (Phi) is 6.46. The van der Waals surface area contributed by atoms with Crippen molar-refractivity contribution >= 4 is 18.0 Å². The van der Waals surface area contributed by atoms with Crippen LogP contribution in [-0.4, -0.2) is 35.7 Å². The van der Waals surface area contributed by atoms with E-state index in [1.807, 2.05) is 30.3 Å². The second kappa shape index (κ2) is 8.41. The van der Waals surface area contributed by atoms with Crippen molar-refractivity contribution in [3.63, 3.8) is 0 Å². The third-order valence-electron chi connectivity index (χ3n) is 4.47. The normalized spacial score (nSPS) is 21.6. The van der Waals surface area contributed by atoms with Gasteiger partial charge < -0.3 is 20.1 Å². The molecule has 1 saturated heterocycles. The van der Waals surface area contributed by atoms with E-state index in [2.05, 4.69) is 10.6 Å². The van der Waals surface area contributed by atoms with Crippen LogP contribution in [0.25, 0.3) is 0 Å². The molecule has 0 aromatic heterocycles. The lowest BCUT2D eigenvalue weighted by Gasteiger charge is -2.46. The van der Waals surface area contributed by atoms with E-state index in [0.29, 0.717) is 19.4 Å². The fraction of sp³-hybridized carbons (Fsp3) is 0.550. The maximum atomic E-state index is 12.6. The second-order valence-corrected chi connectivity index (χ2v) is 7.78. The number of rotatable bonds is 7. The number of ether oxygens (including phenoxy) is 2. The summed E-state index contributed by atoms with van der Waals surface area (Å²) in [5.41, 5.74) is -0.758. The lowest BCUT2D eigenvalue weighted by molar-refractivity contribution is -0.177. The summed E-state index contributed by atoms with van der Waals surface area (Å²) >= 11 is 0.